The molecule has 2 aliphatic heterocycles. The second-order valence-corrected chi connectivity index (χ2v) is 4.08. The van der Waals surface area contributed by atoms with Gasteiger partial charge in [-0.2, -0.15) is 0 Å². The summed E-state index contributed by atoms with van der Waals surface area (Å²) in [4.78, 5) is 13.4. The van der Waals surface area contributed by atoms with E-state index < -0.39 is 5.60 Å². The molecule has 72 valence electrons. The maximum absolute atomic E-state index is 11.8. The van der Waals surface area contributed by atoms with Gasteiger partial charge in [0.25, 0.3) is 5.91 Å². The van der Waals surface area contributed by atoms with Crippen molar-refractivity contribution in [1.29, 1.82) is 0 Å². The first-order valence-electron chi connectivity index (χ1n) is 4.37. The van der Waals surface area contributed by atoms with Gasteiger partial charge in [-0.05, 0) is 18.2 Å². The Bertz CT molecular complexity index is 440. The van der Waals surface area contributed by atoms with Gasteiger partial charge in [-0.1, -0.05) is 11.6 Å². The zero-order valence-electron chi connectivity index (χ0n) is 7.58. The molecule has 14 heavy (non-hydrogen) atoms. The third kappa shape index (κ3) is 0.792. The minimum atomic E-state index is -0.699. The number of hydrogen-bond acceptors (Lipinski definition) is 2. The molecule has 1 amide bonds. The highest BCUT2D eigenvalue weighted by Gasteiger charge is 2.60. The van der Waals surface area contributed by atoms with Crippen molar-refractivity contribution in [2.75, 3.05) is 18.6 Å². The van der Waals surface area contributed by atoms with Crippen molar-refractivity contribution in [3.63, 3.8) is 0 Å². The highest BCUT2D eigenvalue weighted by Crippen LogP contribution is 2.50. The molecule has 0 aromatic heterocycles. The summed E-state index contributed by atoms with van der Waals surface area (Å²) >= 11 is 5.89. The van der Waals surface area contributed by atoms with E-state index in [9.17, 15) is 4.79 Å². The Kier molecular flexibility index (Phi) is 1.36. The molecule has 0 aliphatic carbocycles. The van der Waals surface area contributed by atoms with Crippen LogP contribution in [0.5, 0.6) is 0 Å². The summed E-state index contributed by atoms with van der Waals surface area (Å²) in [7, 11) is 1.76. The second-order valence-electron chi connectivity index (χ2n) is 3.64. The Hall–Kier alpha value is -1.06. The maximum atomic E-state index is 11.8. The molecule has 1 atom stereocenters. The van der Waals surface area contributed by atoms with Gasteiger partial charge in [-0.15, -0.1) is 0 Å². The summed E-state index contributed by atoms with van der Waals surface area (Å²) in [5.41, 5.74) is 1.10. The molecule has 4 heteroatoms. The van der Waals surface area contributed by atoms with Gasteiger partial charge < -0.3 is 9.64 Å². The van der Waals surface area contributed by atoms with Crippen molar-refractivity contribution in [2.45, 2.75) is 5.60 Å². The lowest BCUT2D eigenvalue weighted by Crippen LogP contribution is -2.28. The minimum Gasteiger partial charge on any atom is -0.354 e. The average molecular weight is 210 g/mol. The van der Waals surface area contributed by atoms with Crippen LogP contribution in [0.2, 0.25) is 5.02 Å². The predicted molar refractivity (Wildman–Crippen MR) is 52.5 cm³/mol. The number of carbonyl (C=O) groups excluding carboxylic acids is 1. The SMILES string of the molecule is CN1C(=O)[C@]2(CO2)c2cc(Cl)ccc21. The molecule has 1 aromatic rings. The van der Waals surface area contributed by atoms with Crippen LogP contribution in [0.4, 0.5) is 5.69 Å². The largest absolute Gasteiger partial charge is 0.354 e. The zero-order chi connectivity index (χ0) is 9.92. The third-order valence-electron chi connectivity index (χ3n) is 2.84. The van der Waals surface area contributed by atoms with Crippen LogP contribution in [0.3, 0.4) is 0 Å². The van der Waals surface area contributed by atoms with Crippen LogP contribution in [0.15, 0.2) is 18.2 Å². The fourth-order valence-corrected chi connectivity index (χ4v) is 2.14. The molecule has 0 bridgehead atoms. The van der Waals surface area contributed by atoms with Crippen LogP contribution in [-0.4, -0.2) is 19.6 Å². The number of halogens is 1. The Morgan fingerprint density at radius 3 is 2.93 bits per heavy atom. The van der Waals surface area contributed by atoms with Crippen molar-refractivity contribution in [3.8, 4) is 0 Å². The summed E-state index contributed by atoms with van der Waals surface area (Å²) in [6.45, 7) is 0.476. The number of epoxide rings is 1. The highest BCUT2D eigenvalue weighted by molar-refractivity contribution is 6.31. The molecule has 3 rings (SSSR count). The number of hydrogen-bond donors (Lipinski definition) is 0. The molecular weight excluding hydrogens is 202 g/mol. The molecule has 0 N–H and O–H groups in total. The lowest BCUT2D eigenvalue weighted by molar-refractivity contribution is -0.122. The Balaban J connectivity index is 2.27. The van der Waals surface area contributed by atoms with Gasteiger partial charge in [0, 0.05) is 17.6 Å². The first-order valence-corrected chi connectivity index (χ1v) is 4.75. The molecule has 0 radical (unpaired) electrons. The number of carbonyl (C=O) groups is 1. The summed E-state index contributed by atoms with van der Waals surface area (Å²) in [5, 5.41) is 0.640. The minimum absolute atomic E-state index is 0.00904. The van der Waals surface area contributed by atoms with Gasteiger partial charge in [-0.3, -0.25) is 4.79 Å². The molecule has 2 heterocycles. The third-order valence-corrected chi connectivity index (χ3v) is 3.07. The van der Waals surface area contributed by atoms with Gasteiger partial charge >= 0.3 is 0 Å². The topological polar surface area (TPSA) is 32.8 Å². The second kappa shape index (κ2) is 2.30. The van der Waals surface area contributed by atoms with Crippen molar-refractivity contribution in [2.24, 2.45) is 0 Å². The summed E-state index contributed by atoms with van der Waals surface area (Å²) < 4.78 is 5.27. The van der Waals surface area contributed by atoms with E-state index in [1.165, 1.54) is 0 Å². The van der Waals surface area contributed by atoms with Gasteiger partial charge in [0.15, 0.2) is 5.60 Å². The van der Waals surface area contributed by atoms with Crippen molar-refractivity contribution in [1.82, 2.24) is 0 Å². The standard InChI is InChI=1S/C10H8ClNO2/c1-12-8-3-2-6(11)4-7(8)10(5-14-10)9(12)13/h2-4H,5H2,1H3/t10-/m0/s1. The quantitative estimate of drug-likeness (QED) is 0.608. The summed E-state index contributed by atoms with van der Waals surface area (Å²) in [5.74, 6) is 0.00904. The monoisotopic (exact) mass is 209 g/mol. The molecule has 3 nitrogen and oxygen atoms in total. The van der Waals surface area contributed by atoms with Crippen LogP contribution in [0.25, 0.3) is 0 Å². The van der Waals surface area contributed by atoms with Crippen LogP contribution in [0.1, 0.15) is 5.56 Å². The number of rotatable bonds is 0. The van der Waals surface area contributed by atoms with Crippen molar-refractivity contribution < 1.29 is 9.53 Å². The number of ether oxygens (including phenoxy) is 1. The smallest absolute Gasteiger partial charge is 0.266 e. The van der Waals surface area contributed by atoms with Crippen molar-refractivity contribution >= 4 is 23.2 Å². The maximum Gasteiger partial charge on any atom is 0.266 e. The number of fused-ring (bicyclic) bond motifs is 2. The van der Waals surface area contributed by atoms with E-state index in [1.54, 1.807) is 18.0 Å². The highest BCUT2D eigenvalue weighted by atomic mass is 35.5. The van der Waals surface area contributed by atoms with E-state index in [0.717, 1.165) is 11.3 Å². The van der Waals surface area contributed by atoms with Crippen LogP contribution in [-0.2, 0) is 15.1 Å². The molecule has 0 unspecified atom stereocenters. The summed E-state index contributed by atoms with van der Waals surface area (Å²) in [6, 6.07) is 5.45. The molecular formula is C10H8ClNO2. The fraction of sp³-hybridized carbons (Fsp3) is 0.300. The van der Waals surface area contributed by atoms with Crippen molar-refractivity contribution in [3.05, 3.63) is 28.8 Å². The summed E-state index contributed by atoms with van der Waals surface area (Å²) in [6.07, 6.45) is 0. The van der Waals surface area contributed by atoms with E-state index in [0.29, 0.717) is 11.6 Å². The predicted octanol–water partition coefficient (Wildman–Crippen LogP) is 1.54. The molecule has 1 fully saturated rings. The molecule has 2 aliphatic rings. The zero-order valence-corrected chi connectivity index (χ0v) is 8.34. The van der Waals surface area contributed by atoms with Gasteiger partial charge in [-0.25, -0.2) is 0 Å². The van der Waals surface area contributed by atoms with Crippen LogP contribution in [0, 0.1) is 0 Å². The number of benzene rings is 1. The van der Waals surface area contributed by atoms with Gasteiger partial charge in [0.05, 0.1) is 12.3 Å². The molecule has 1 spiro atoms. The molecule has 1 aromatic carbocycles. The molecule has 1 saturated heterocycles. The van der Waals surface area contributed by atoms with Crippen LogP contribution >= 0.6 is 11.6 Å². The number of nitrogens with zero attached hydrogens (tertiary/aromatic N) is 1. The lowest BCUT2D eigenvalue weighted by Gasteiger charge is -2.08. The number of likely N-dealkylation sites (N-methyl/N-ethyl adjacent to an activating group) is 1. The van der Waals surface area contributed by atoms with E-state index in [1.807, 2.05) is 12.1 Å². The van der Waals surface area contributed by atoms with Gasteiger partial charge in [0.2, 0.25) is 0 Å². The molecule has 0 saturated carbocycles. The van der Waals surface area contributed by atoms with E-state index >= 15 is 0 Å². The Morgan fingerprint density at radius 2 is 2.29 bits per heavy atom. The number of anilines is 1. The lowest BCUT2D eigenvalue weighted by atomic mass is 10.0. The Labute approximate surface area is 86.2 Å². The van der Waals surface area contributed by atoms with Crippen LogP contribution < -0.4 is 4.90 Å². The number of amides is 1. The normalized spacial score (nSPS) is 28.4. The fourth-order valence-electron chi connectivity index (χ4n) is 1.97. The van der Waals surface area contributed by atoms with E-state index in [-0.39, 0.29) is 5.91 Å². The van der Waals surface area contributed by atoms with E-state index in [4.69, 9.17) is 16.3 Å². The average Bonchev–Trinajstić information content (AvgIpc) is 2.93. The first kappa shape index (κ1) is 8.26. The Morgan fingerprint density at radius 1 is 1.57 bits per heavy atom. The van der Waals surface area contributed by atoms with Gasteiger partial charge in [0.1, 0.15) is 0 Å². The first-order chi connectivity index (χ1) is 6.65. The van der Waals surface area contributed by atoms with E-state index in [2.05, 4.69) is 0 Å².